The molecule has 4 heterocycles. The lowest BCUT2D eigenvalue weighted by molar-refractivity contribution is 0.866. The summed E-state index contributed by atoms with van der Waals surface area (Å²) in [6.45, 7) is 9.32. The van der Waals surface area contributed by atoms with Crippen LogP contribution in [0.5, 0.6) is 0 Å². The molecule has 53 heavy (non-hydrogen) atoms. The monoisotopic (exact) mass is 679 g/mol. The summed E-state index contributed by atoms with van der Waals surface area (Å²) < 4.78 is 0. The largest absolute Gasteiger partial charge is 0.376 e. The topological polar surface area (TPSA) is 9.72 Å². The van der Waals surface area contributed by atoms with E-state index in [2.05, 4.69) is 194 Å². The van der Waals surface area contributed by atoms with Crippen LogP contribution in [0.2, 0.25) is 0 Å². The fraction of sp³-hybridized carbons (Fsp3) is 0.125. The Morgan fingerprint density at radius 2 is 0.981 bits per heavy atom. The maximum Gasteiger partial charge on any atom is 0.333 e. The Kier molecular flexibility index (Phi) is 6.53. The molecule has 7 aromatic carbocycles. The molecule has 0 fully saturated rings. The fourth-order valence-electron chi connectivity index (χ4n) is 9.72. The van der Waals surface area contributed by atoms with Gasteiger partial charge in [-0.3, -0.25) is 0 Å². The van der Waals surface area contributed by atoms with Crippen molar-refractivity contribution >= 4 is 86.4 Å². The SMILES string of the molecule is CC(C)c1ccc2c(c1)N(c1ccccc1)c1cc3c4c5c1B2c1ccc(C(C)C)cc1N5c1ccccc1B4N(c1ccccc1)c1ccccc1-3. The van der Waals surface area contributed by atoms with Crippen LogP contribution in [0.25, 0.3) is 11.1 Å². The van der Waals surface area contributed by atoms with E-state index < -0.39 is 0 Å². The second kappa shape index (κ2) is 11.3. The van der Waals surface area contributed by atoms with Crippen LogP contribution in [-0.2, 0) is 0 Å². The van der Waals surface area contributed by atoms with Crippen molar-refractivity contribution in [2.24, 2.45) is 0 Å². The summed E-state index contributed by atoms with van der Waals surface area (Å²) in [7, 11) is 0. The second-order valence-corrected chi connectivity index (χ2v) is 15.7. The summed E-state index contributed by atoms with van der Waals surface area (Å²) in [6, 6.07) is 57.4. The summed E-state index contributed by atoms with van der Waals surface area (Å²) >= 11 is 0. The average molecular weight is 679 g/mol. The van der Waals surface area contributed by atoms with Crippen molar-refractivity contribution in [3.05, 3.63) is 163 Å². The van der Waals surface area contributed by atoms with E-state index >= 15 is 0 Å². The van der Waals surface area contributed by atoms with E-state index in [-0.39, 0.29) is 13.6 Å². The van der Waals surface area contributed by atoms with Gasteiger partial charge in [0.15, 0.2) is 0 Å². The van der Waals surface area contributed by atoms with E-state index in [1.165, 1.54) is 95.1 Å². The van der Waals surface area contributed by atoms with Gasteiger partial charge in [-0.1, -0.05) is 125 Å². The molecule has 0 aliphatic carbocycles. The molecule has 0 radical (unpaired) electrons. The Balaban J connectivity index is 1.33. The summed E-state index contributed by atoms with van der Waals surface area (Å²) in [4.78, 5) is 7.82. The molecule has 4 aliphatic rings. The van der Waals surface area contributed by atoms with Crippen LogP contribution in [0, 0.1) is 0 Å². The van der Waals surface area contributed by atoms with Gasteiger partial charge < -0.3 is 14.6 Å². The molecule has 0 unspecified atom stereocenters. The first-order chi connectivity index (χ1) is 26.0. The third-order valence-electron chi connectivity index (χ3n) is 12.2. The van der Waals surface area contributed by atoms with Crippen molar-refractivity contribution in [1.82, 2.24) is 0 Å². The molecular formula is C48H39B2N3. The van der Waals surface area contributed by atoms with Crippen molar-refractivity contribution in [2.45, 2.75) is 39.5 Å². The zero-order valence-electron chi connectivity index (χ0n) is 30.6. The normalized spacial score (nSPS) is 14.2. The number of para-hydroxylation sites is 4. The Morgan fingerprint density at radius 3 is 1.64 bits per heavy atom. The van der Waals surface area contributed by atoms with Crippen molar-refractivity contribution in [2.75, 3.05) is 14.6 Å². The first-order valence-electron chi connectivity index (χ1n) is 19.2. The molecule has 3 nitrogen and oxygen atoms in total. The summed E-state index contributed by atoms with van der Waals surface area (Å²) in [6.07, 6.45) is 0. The minimum absolute atomic E-state index is 0.000389. The molecule has 0 bridgehead atoms. The van der Waals surface area contributed by atoms with Gasteiger partial charge >= 0.3 is 6.85 Å². The number of hydrogen-bond donors (Lipinski definition) is 0. The van der Waals surface area contributed by atoms with Crippen LogP contribution in [0.3, 0.4) is 0 Å². The molecular weight excluding hydrogens is 640 g/mol. The summed E-state index contributed by atoms with van der Waals surface area (Å²) in [5.74, 6) is 0.829. The van der Waals surface area contributed by atoms with Crippen molar-refractivity contribution in [3.63, 3.8) is 0 Å². The van der Waals surface area contributed by atoms with E-state index in [1.54, 1.807) is 0 Å². The molecule has 0 N–H and O–H groups in total. The van der Waals surface area contributed by atoms with Crippen LogP contribution in [-0.4, -0.2) is 13.6 Å². The minimum atomic E-state index is 0.000389. The highest BCUT2D eigenvalue weighted by molar-refractivity contribution is 7.02. The molecule has 0 saturated carbocycles. The smallest absolute Gasteiger partial charge is 0.333 e. The first kappa shape index (κ1) is 30.7. The molecule has 252 valence electrons. The van der Waals surface area contributed by atoms with E-state index in [4.69, 9.17) is 0 Å². The number of fused-ring (bicyclic) bond motifs is 10. The van der Waals surface area contributed by atoms with E-state index in [0.29, 0.717) is 11.8 Å². The molecule has 0 amide bonds. The van der Waals surface area contributed by atoms with E-state index in [1.807, 2.05) is 0 Å². The second-order valence-electron chi connectivity index (χ2n) is 15.7. The van der Waals surface area contributed by atoms with Gasteiger partial charge in [0.05, 0.1) is 0 Å². The maximum absolute atomic E-state index is 2.65. The van der Waals surface area contributed by atoms with Crippen LogP contribution in [0.1, 0.15) is 50.7 Å². The Hall–Kier alpha value is -5.93. The van der Waals surface area contributed by atoms with Crippen molar-refractivity contribution in [3.8, 4) is 11.1 Å². The molecule has 0 atom stereocenters. The maximum atomic E-state index is 2.65. The Morgan fingerprint density at radius 1 is 0.415 bits per heavy atom. The van der Waals surface area contributed by atoms with Gasteiger partial charge in [-0.15, -0.1) is 0 Å². The molecule has 4 aliphatic heterocycles. The minimum Gasteiger partial charge on any atom is -0.376 e. The summed E-state index contributed by atoms with van der Waals surface area (Å²) in [5, 5.41) is 0. The number of nitrogens with zero attached hydrogens (tertiary/aromatic N) is 3. The van der Waals surface area contributed by atoms with Gasteiger partial charge in [-0.2, -0.15) is 0 Å². The molecule has 0 aromatic heterocycles. The highest BCUT2D eigenvalue weighted by atomic mass is 15.2. The van der Waals surface area contributed by atoms with Gasteiger partial charge in [0.2, 0.25) is 0 Å². The standard InChI is InChI=1S/C48H39B2N3/c1-30(2)32-23-25-38-43(27-32)51(34-15-7-5-8-16-34)45-29-37-36-19-11-13-21-41(36)53(35-17-9-6-10-18-35)50-40-20-12-14-22-42(40)52-44-28-33(31(3)4)24-26-39(44)49(38)47(45)48(52)46(37)50/h5-31H,1-4H3. The zero-order valence-corrected chi connectivity index (χ0v) is 30.6. The van der Waals surface area contributed by atoms with Crippen LogP contribution < -0.4 is 41.9 Å². The number of anilines is 8. The third kappa shape index (κ3) is 4.19. The highest BCUT2D eigenvalue weighted by Gasteiger charge is 2.52. The lowest BCUT2D eigenvalue weighted by atomic mass is 9.31. The predicted molar refractivity (Wildman–Crippen MR) is 228 cm³/mol. The fourth-order valence-corrected chi connectivity index (χ4v) is 9.72. The third-order valence-corrected chi connectivity index (χ3v) is 12.2. The van der Waals surface area contributed by atoms with Gasteiger partial charge in [0.1, 0.15) is 0 Å². The van der Waals surface area contributed by atoms with Gasteiger partial charge in [-0.05, 0) is 110 Å². The Labute approximate surface area is 313 Å². The number of hydrogen-bond acceptors (Lipinski definition) is 3. The quantitative estimate of drug-likeness (QED) is 0.172. The van der Waals surface area contributed by atoms with E-state index in [0.717, 1.165) is 0 Å². The average Bonchev–Trinajstić information content (AvgIpc) is 3.20. The van der Waals surface area contributed by atoms with Crippen LogP contribution in [0.15, 0.2) is 152 Å². The highest BCUT2D eigenvalue weighted by Crippen LogP contribution is 2.51. The van der Waals surface area contributed by atoms with Gasteiger partial charge in [0, 0.05) is 51.1 Å². The van der Waals surface area contributed by atoms with Gasteiger partial charge in [0.25, 0.3) is 6.71 Å². The zero-order chi connectivity index (χ0) is 35.5. The van der Waals surface area contributed by atoms with Crippen molar-refractivity contribution in [1.29, 1.82) is 0 Å². The van der Waals surface area contributed by atoms with E-state index in [9.17, 15) is 0 Å². The van der Waals surface area contributed by atoms with Crippen LogP contribution in [0.4, 0.5) is 45.5 Å². The number of rotatable bonds is 4. The molecule has 0 spiro atoms. The first-order valence-corrected chi connectivity index (χ1v) is 19.2. The lowest BCUT2D eigenvalue weighted by Gasteiger charge is -2.51. The predicted octanol–water partition coefficient (Wildman–Crippen LogP) is 9.25. The molecule has 11 rings (SSSR count). The number of benzene rings is 7. The van der Waals surface area contributed by atoms with Crippen molar-refractivity contribution < 1.29 is 0 Å². The lowest BCUT2D eigenvalue weighted by Crippen LogP contribution is -2.68. The molecule has 0 saturated heterocycles. The van der Waals surface area contributed by atoms with Gasteiger partial charge in [-0.25, -0.2) is 0 Å². The molecule has 7 aromatic rings. The molecule has 5 heteroatoms. The van der Waals surface area contributed by atoms with Crippen LogP contribution >= 0.6 is 0 Å². The summed E-state index contributed by atoms with van der Waals surface area (Å²) in [5.41, 5.74) is 22.3. The Bertz CT molecular complexity index is 2600.